The van der Waals surface area contributed by atoms with Crippen LogP contribution in [-0.4, -0.2) is 48.3 Å². The molecule has 0 radical (unpaired) electrons. The number of rotatable bonds is 6. The molecule has 0 bridgehead atoms. The zero-order valence-corrected chi connectivity index (χ0v) is 19.0. The molecular weight excluding hydrogens is 406 g/mol. The number of aromatic nitrogens is 2. The first-order valence-corrected chi connectivity index (χ1v) is 10.9. The molecule has 2 heterocycles. The number of methoxy groups -OCH3 is 2. The van der Waals surface area contributed by atoms with E-state index in [0.29, 0.717) is 47.8 Å². The summed E-state index contributed by atoms with van der Waals surface area (Å²) in [5.41, 5.74) is 2.74. The lowest BCUT2D eigenvalue weighted by atomic mass is 9.97. The predicted octanol–water partition coefficient (Wildman–Crippen LogP) is 4.90. The van der Waals surface area contributed by atoms with Gasteiger partial charge in [-0.1, -0.05) is 43.3 Å². The van der Waals surface area contributed by atoms with Gasteiger partial charge in [0, 0.05) is 30.3 Å². The van der Waals surface area contributed by atoms with Crippen LogP contribution < -0.4 is 9.47 Å². The Morgan fingerprint density at radius 1 is 1.09 bits per heavy atom. The fourth-order valence-corrected chi connectivity index (χ4v) is 4.01. The van der Waals surface area contributed by atoms with Crippen molar-refractivity contribution in [2.24, 2.45) is 0 Å². The van der Waals surface area contributed by atoms with Crippen LogP contribution in [0.2, 0.25) is 0 Å². The second-order valence-corrected chi connectivity index (χ2v) is 8.42. The minimum absolute atomic E-state index is 0.0105. The third kappa shape index (κ3) is 4.61. The van der Waals surface area contributed by atoms with E-state index < -0.39 is 0 Å². The molecule has 1 aliphatic rings. The highest BCUT2D eigenvalue weighted by atomic mass is 16.5. The predicted molar refractivity (Wildman–Crippen MR) is 121 cm³/mol. The molecule has 7 heteroatoms. The molecule has 1 saturated heterocycles. The van der Waals surface area contributed by atoms with E-state index in [4.69, 9.17) is 14.0 Å². The zero-order valence-electron chi connectivity index (χ0n) is 19.0. The van der Waals surface area contributed by atoms with Crippen molar-refractivity contribution in [3.05, 3.63) is 59.5 Å². The smallest absolute Gasteiger partial charge is 0.254 e. The molecule has 7 nitrogen and oxygen atoms in total. The maximum Gasteiger partial charge on any atom is 0.254 e. The van der Waals surface area contributed by atoms with Crippen molar-refractivity contribution in [3.8, 4) is 22.9 Å². The summed E-state index contributed by atoms with van der Waals surface area (Å²) in [7, 11) is 3.15. The summed E-state index contributed by atoms with van der Waals surface area (Å²) in [5, 5.41) is 4.19. The Kier molecular flexibility index (Phi) is 6.44. The third-order valence-corrected chi connectivity index (χ3v) is 5.93. The van der Waals surface area contributed by atoms with Crippen LogP contribution in [0.5, 0.6) is 11.5 Å². The number of carbonyl (C=O) groups is 1. The maximum absolute atomic E-state index is 13.2. The van der Waals surface area contributed by atoms with E-state index in [1.54, 1.807) is 32.4 Å². The van der Waals surface area contributed by atoms with Crippen LogP contribution in [0.4, 0.5) is 0 Å². The third-order valence-electron chi connectivity index (χ3n) is 5.93. The minimum atomic E-state index is -0.0593. The highest BCUT2D eigenvalue weighted by Crippen LogP contribution is 2.30. The fourth-order valence-electron chi connectivity index (χ4n) is 4.01. The summed E-state index contributed by atoms with van der Waals surface area (Å²) < 4.78 is 16.2. The number of ether oxygens (including phenoxy) is 2. The molecule has 1 aliphatic heterocycles. The zero-order chi connectivity index (χ0) is 22.7. The Bertz CT molecular complexity index is 1050. The van der Waals surface area contributed by atoms with Crippen LogP contribution in [0.1, 0.15) is 60.3 Å². The van der Waals surface area contributed by atoms with Gasteiger partial charge in [-0.25, -0.2) is 0 Å². The molecule has 1 aromatic heterocycles. The number of nitrogens with zero attached hydrogens (tertiary/aromatic N) is 3. The lowest BCUT2D eigenvalue weighted by Crippen LogP contribution is -2.39. The Balaban J connectivity index is 1.49. The molecule has 32 heavy (non-hydrogen) atoms. The van der Waals surface area contributed by atoms with Crippen molar-refractivity contribution in [2.45, 2.75) is 38.5 Å². The standard InChI is InChI=1S/C25H29N3O4/c1-16(2)17-7-9-18(10-8-17)23-26-24(32-27-23)19-6-5-11-28(15-19)25(29)20-12-21(30-3)14-22(13-20)31-4/h7-10,12-14,16,19H,5-6,11,15H2,1-4H3/t19-/m0/s1. The van der Waals surface area contributed by atoms with Gasteiger partial charge in [-0.15, -0.1) is 0 Å². The number of piperidine rings is 1. The van der Waals surface area contributed by atoms with Crippen LogP contribution in [0.15, 0.2) is 47.0 Å². The van der Waals surface area contributed by atoms with E-state index >= 15 is 0 Å². The first-order chi connectivity index (χ1) is 15.5. The van der Waals surface area contributed by atoms with Crippen LogP contribution in [-0.2, 0) is 0 Å². The average molecular weight is 436 g/mol. The minimum Gasteiger partial charge on any atom is -0.497 e. The summed E-state index contributed by atoms with van der Waals surface area (Å²) in [5.74, 6) is 2.76. The molecule has 3 aromatic rings. The van der Waals surface area contributed by atoms with Gasteiger partial charge in [-0.3, -0.25) is 4.79 Å². The quantitative estimate of drug-likeness (QED) is 0.548. The molecular formula is C25H29N3O4. The van der Waals surface area contributed by atoms with Gasteiger partial charge in [0.15, 0.2) is 0 Å². The van der Waals surface area contributed by atoms with Crippen molar-refractivity contribution >= 4 is 5.91 Å². The molecule has 1 fully saturated rings. The van der Waals surface area contributed by atoms with Crippen LogP contribution in [0, 0.1) is 0 Å². The van der Waals surface area contributed by atoms with E-state index in [2.05, 4.69) is 36.1 Å². The molecule has 4 rings (SSSR count). The van der Waals surface area contributed by atoms with E-state index in [1.807, 2.05) is 17.0 Å². The second-order valence-electron chi connectivity index (χ2n) is 8.42. The van der Waals surface area contributed by atoms with Crippen molar-refractivity contribution in [1.82, 2.24) is 15.0 Å². The number of likely N-dealkylation sites (tertiary alicyclic amines) is 1. The Morgan fingerprint density at radius 3 is 2.41 bits per heavy atom. The fraction of sp³-hybridized carbons (Fsp3) is 0.400. The molecule has 168 valence electrons. The molecule has 1 atom stereocenters. The molecule has 1 amide bonds. The van der Waals surface area contributed by atoms with E-state index in [1.165, 1.54) is 5.56 Å². The first-order valence-electron chi connectivity index (χ1n) is 10.9. The summed E-state index contributed by atoms with van der Waals surface area (Å²) in [4.78, 5) is 19.7. The van der Waals surface area contributed by atoms with Gasteiger partial charge in [0.2, 0.25) is 11.7 Å². The highest BCUT2D eigenvalue weighted by molar-refractivity contribution is 5.95. The van der Waals surface area contributed by atoms with E-state index in [0.717, 1.165) is 18.4 Å². The van der Waals surface area contributed by atoms with Gasteiger partial charge in [0.05, 0.1) is 20.1 Å². The van der Waals surface area contributed by atoms with E-state index in [9.17, 15) is 4.79 Å². The number of benzene rings is 2. The van der Waals surface area contributed by atoms with Gasteiger partial charge >= 0.3 is 0 Å². The summed E-state index contributed by atoms with van der Waals surface area (Å²) >= 11 is 0. The molecule has 0 spiro atoms. The number of hydrogen-bond acceptors (Lipinski definition) is 6. The summed E-state index contributed by atoms with van der Waals surface area (Å²) in [6, 6.07) is 13.5. The first kappa shape index (κ1) is 21.9. The highest BCUT2D eigenvalue weighted by Gasteiger charge is 2.29. The Labute approximate surface area is 188 Å². The van der Waals surface area contributed by atoms with Gasteiger partial charge in [0.25, 0.3) is 5.91 Å². The Morgan fingerprint density at radius 2 is 1.78 bits per heavy atom. The second kappa shape index (κ2) is 9.42. The van der Waals surface area contributed by atoms with Crippen LogP contribution >= 0.6 is 0 Å². The Hall–Kier alpha value is -3.35. The van der Waals surface area contributed by atoms with Crippen LogP contribution in [0.3, 0.4) is 0 Å². The molecule has 0 unspecified atom stereocenters. The van der Waals surface area contributed by atoms with Crippen LogP contribution in [0.25, 0.3) is 11.4 Å². The lowest BCUT2D eigenvalue weighted by molar-refractivity contribution is 0.0695. The lowest BCUT2D eigenvalue weighted by Gasteiger charge is -2.31. The number of amides is 1. The monoisotopic (exact) mass is 435 g/mol. The molecule has 0 N–H and O–H groups in total. The molecule has 0 aliphatic carbocycles. The van der Waals surface area contributed by atoms with Crippen molar-refractivity contribution in [1.29, 1.82) is 0 Å². The van der Waals surface area contributed by atoms with E-state index in [-0.39, 0.29) is 11.8 Å². The maximum atomic E-state index is 13.2. The van der Waals surface area contributed by atoms with Crippen molar-refractivity contribution in [2.75, 3.05) is 27.3 Å². The SMILES string of the molecule is COc1cc(OC)cc(C(=O)N2CCC[C@H](c3nc(-c4ccc(C(C)C)cc4)no3)C2)c1. The normalized spacial score (nSPS) is 16.3. The summed E-state index contributed by atoms with van der Waals surface area (Å²) in [6.07, 6.45) is 1.78. The average Bonchev–Trinajstić information content (AvgIpc) is 3.33. The van der Waals surface area contributed by atoms with Gasteiger partial charge < -0.3 is 18.9 Å². The van der Waals surface area contributed by atoms with Crippen molar-refractivity contribution in [3.63, 3.8) is 0 Å². The topological polar surface area (TPSA) is 77.7 Å². The summed E-state index contributed by atoms with van der Waals surface area (Å²) in [6.45, 7) is 5.55. The van der Waals surface area contributed by atoms with Crippen molar-refractivity contribution < 1.29 is 18.8 Å². The van der Waals surface area contributed by atoms with Gasteiger partial charge in [0.1, 0.15) is 11.5 Å². The number of carbonyl (C=O) groups excluding carboxylic acids is 1. The van der Waals surface area contributed by atoms with Gasteiger partial charge in [-0.2, -0.15) is 4.98 Å². The largest absolute Gasteiger partial charge is 0.497 e. The number of hydrogen-bond donors (Lipinski definition) is 0. The molecule has 0 saturated carbocycles. The van der Waals surface area contributed by atoms with Gasteiger partial charge in [-0.05, 0) is 36.5 Å². The molecule has 2 aromatic carbocycles.